The molecule has 22 heavy (non-hydrogen) atoms. The monoisotopic (exact) mass is 346 g/mol. The fraction of sp³-hybridized carbons (Fsp3) is 0.533. The molecule has 1 amide bonds. The maximum absolute atomic E-state index is 12.1. The number of amides is 1. The van der Waals surface area contributed by atoms with E-state index in [2.05, 4.69) is 5.32 Å². The Kier molecular flexibility index (Phi) is 6.01. The van der Waals surface area contributed by atoms with Crippen molar-refractivity contribution in [2.24, 2.45) is 11.1 Å². The first-order chi connectivity index (χ1) is 9.71. The number of sulfone groups is 1. The van der Waals surface area contributed by atoms with Gasteiger partial charge in [0, 0.05) is 18.2 Å². The number of nitrogens with two attached hydrogens (primary N) is 1. The Bertz CT molecular complexity index is 625. The first kappa shape index (κ1) is 18.9. The summed E-state index contributed by atoms with van der Waals surface area (Å²) in [6, 6.07) is 6.77. The van der Waals surface area contributed by atoms with E-state index in [4.69, 9.17) is 5.73 Å². The Morgan fingerprint density at radius 2 is 1.86 bits per heavy atom. The standard InChI is InChI=1S/C15H22N2O3S.ClH/c1-11-3-5-12(6-4-11)13(16)14(18)17-9-15(7-8-15)10-21(2,19)20;/h3-6,13H,7-10,16H2,1-2H3,(H,17,18);1H. The molecule has 1 unspecified atom stereocenters. The van der Waals surface area contributed by atoms with E-state index in [0.29, 0.717) is 6.54 Å². The molecular formula is C15H23ClN2O3S. The maximum Gasteiger partial charge on any atom is 0.241 e. The Hall–Kier alpha value is -1.11. The molecule has 1 saturated carbocycles. The molecule has 7 heteroatoms. The summed E-state index contributed by atoms with van der Waals surface area (Å²) in [4.78, 5) is 12.1. The van der Waals surface area contributed by atoms with Crippen LogP contribution in [0, 0.1) is 12.3 Å². The van der Waals surface area contributed by atoms with Crippen molar-refractivity contribution in [1.29, 1.82) is 0 Å². The van der Waals surface area contributed by atoms with E-state index in [-0.39, 0.29) is 29.5 Å². The second-order valence-electron chi connectivity index (χ2n) is 6.18. The van der Waals surface area contributed by atoms with Crippen molar-refractivity contribution in [2.75, 3.05) is 18.6 Å². The van der Waals surface area contributed by atoms with Crippen LogP contribution < -0.4 is 11.1 Å². The summed E-state index contributed by atoms with van der Waals surface area (Å²) in [7, 11) is -3.03. The van der Waals surface area contributed by atoms with Gasteiger partial charge in [0.05, 0.1) is 5.75 Å². The van der Waals surface area contributed by atoms with Gasteiger partial charge in [0.15, 0.2) is 0 Å². The number of benzene rings is 1. The second-order valence-corrected chi connectivity index (χ2v) is 8.32. The molecule has 1 aromatic rings. The number of hydrogen-bond donors (Lipinski definition) is 2. The Labute approximate surface area is 138 Å². The molecule has 5 nitrogen and oxygen atoms in total. The number of aryl methyl sites for hydroxylation is 1. The van der Waals surface area contributed by atoms with E-state index in [1.165, 1.54) is 6.26 Å². The molecule has 0 heterocycles. The van der Waals surface area contributed by atoms with Gasteiger partial charge in [-0.25, -0.2) is 8.42 Å². The molecule has 1 aliphatic carbocycles. The van der Waals surface area contributed by atoms with Crippen molar-refractivity contribution in [2.45, 2.75) is 25.8 Å². The van der Waals surface area contributed by atoms with Crippen molar-refractivity contribution >= 4 is 28.2 Å². The molecule has 0 saturated heterocycles. The zero-order valence-corrected chi connectivity index (χ0v) is 14.5. The highest BCUT2D eigenvalue weighted by molar-refractivity contribution is 7.90. The zero-order valence-electron chi connectivity index (χ0n) is 12.8. The third-order valence-corrected chi connectivity index (χ3v) is 5.02. The van der Waals surface area contributed by atoms with E-state index in [1.54, 1.807) is 0 Å². The van der Waals surface area contributed by atoms with Crippen LogP contribution in [0.15, 0.2) is 24.3 Å². The molecule has 124 valence electrons. The topological polar surface area (TPSA) is 89.3 Å². The van der Waals surface area contributed by atoms with Gasteiger partial charge in [0.1, 0.15) is 15.9 Å². The molecule has 3 N–H and O–H groups in total. The summed E-state index contributed by atoms with van der Waals surface area (Å²) in [6.45, 7) is 2.34. The third kappa shape index (κ3) is 5.26. The zero-order chi connectivity index (χ0) is 15.7. The Balaban J connectivity index is 0.00000242. The highest BCUT2D eigenvalue weighted by atomic mass is 35.5. The van der Waals surface area contributed by atoms with Gasteiger partial charge in [0.25, 0.3) is 0 Å². The normalized spacial score (nSPS) is 17.2. The molecule has 0 radical (unpaired) electrons. The van der Waals surface area contributed by atoms with Crippen LogP contribution in [0.4, 0.5) is 0 Å². The average molecular weight is 347 g/mol. The third-order valence-electron chi connectivity index (χ3n) is 3.88. The maximum atomic E-state index is 12.1. The van der Waals surface area contributed by atoms with Gasteiger partial charge in [-0.3, -0.25) is 4.79 Å². The summed E-state index contributed by atoms with van der Waals surface area (Å²) in [5.41, 5.74) is 7.52. The number of carbonyl (C=O) groups is 1. The lowest BCUT2D eigenvalue weighted by Gasteiger charge is -2.17. The van der Waals surface area contributed by atoms with Crippen LogP contribution in [0.1, 0.15) is 30.0 Å². The van der Waals surface area contributed by atoms with Crippen LogP contribution in [0.25, 0.3) is 0 Å². The minimum absolute atomic E-state index is 0. The van der Waals surface area contributed by atoms with E-state index >= 15 is 0 Å². The molecule has 2 rings (SSSR count). The molecule has 0 spiro atoms. The van der Waals surface area contributed by atoms with Gasteiger partial charge in [0.2, 0.25) is 5.91 Å². The summed E-state index contributed by atoms with van der Waals surface area (Å²) in [5.74, 6) is -0.140. The fourth-order valence-corrected chi connectivity index (χ4v) is 3.92. The van der Waals surface area contributed by atoms with E-state index < -0.39 is 15.9 Å². The fourth-order valence-electron chi connectivity index (χ4n) is 2.41. The molecule has 0 bridgehead atoms. The highest BCUT2D eigenvalue weighted by Gasteiger charge is 2.45. The van der Waals surface area contributed by atoms with Gasteiger partial charge in [-0.05, 0) is 25.3 Å². The lowest BCUT2D eigenvalue weighted by molar-refractivity contribution is -0.122. The summed E-state index contributed by atoms with van der Waals surface area (Å²) < 4.78 is 22.8. The molecule has 1 atom stereocenters. The van der Waals surface area contributed by atoms with Crippen LogP contribution in [0.2, 0.25) is 0 Å². The second kappa shape index (κ2) is 6.98. The number of nitrogens with one attached hydrogen (secondary N) is 1. The summed E-state index contributed by atoms with van der Waals surface area (Å²) >= 11 is 0. The lowest BCUT2D eigenvalue weighted by atomic mass is 10.0. The Morgan fingerprint density at radius 1 is 1.32 bits per heavy atom. The lowest BCUT2D eigenvalue weighted by Crippen LogP contribution is -2.39. The minimum atomic E-state index is -3.03. The van der Waals surface area contributed by atoms with Crippen molar-refractivity contribution in [3.8, 4) is 0 Å². The molecule has 1 aliphatic rings. The summed E-state index contributed by atoms with van der Waals surface area (Å²) in [5, 5.41) is 2.79. The van der Waals surface area contributed by atoms with Crippen LogP contribution >= 0.6 is 12.4 Å². The van der Waals surface area contributed by atoms with Gasteiger partial charge in [-0.1, -0.05) is 29.8 Å². The van der Waals surface area contributed by atoms with Crippen molar-refractivity contribution in [3.63, 3.8) is 0 Å². The first-order valence-electron chi connectivity index (χ1n) is 6.98. The predicted octanol–water partition coefficient (Wildman–Crippen LogP) is 1.36. The number of halogens is 1. The quantitative estimate of drug-likeness (QED) is 0.813. The van der Waals surface area contributed by atoms with E-state index in [0.717, 1.165) is 24.0 Å². The van der Waals surface area contributed by atoms with Crippen molar-refractivity contribution < 1.29 is 13.2 Å². The molecule has 1 aromatic carbocycles. The van der Waals surface area contributed by atoms with E-state index in [1.807, 2.05) is 31.2 Å². The smallest absolute Gasteiger partial charge is 0.241 e. The van der Waals surface area contributed by atoms with Crippen LogP contribution in [-0.2, 0) is 14.6 Å². The first-order valence-corrected chi connectivity index (χ1v) is 9.04. The Morgan fingerprint density at radius 3 is 2.32 bits per heavy atom. The van der Waals surface area contributed by atoms with Gasteiger partial charge in [-0.2, -0.15) is 0 Å². The number of rotatable bonds is 6. The summed E-state index contributed by atoms with van der Waals surface area (Å²) in [6.07, 6.45) is 2.90. The van der Waals surface area contributed by atoms with Crippen LogP contribution in [0.3, 0.4) is 0 Å². The van der Waals surface area contributed by atoms with Crippen molar-refractivity contribution in [3.05, 3.63) is 35.4 Å². The molecule has 0 aliphatic heterocycles. The average Bonchev–Trinajstić information content (AvgIpc) is 3.14. The van der Waals surface area contributed by atoms with E-state index in [9.17, 15) is 13.2 Å². The van der Waals surface area contributed by atoms with Gasteiger partial charge < -0.3 is 11.1 Å². The van der Waals surface area contributed by atoms with Gasteiger partial charge >= 0.3 is 0 Å². The predicted molar refractivity (Wildman–Crippen MR) is 89.7 cm³/mol. The van der Waals surface area contributed by atoms with Crippen LogP contribution in [0.5, 0.6) is 0 Å². The molecule has 0 aromatic heterocycles. The molecule has 1 fully saturated rings. The highest BCUT2D eigenvalue weighted by Crippen LogP contribution is 2.46. The van der Waals surface area contributed by atoms with Crippen molar-refractivity contribution in [1.82, 2.24) is 5.32 Å². The number of hydrogen-bond acceptors (Lipinski definition) is 4. The SMILES string of the molecule is Cc1ccc(C(N)C(=O)NCC2(CS(C)(=O)=O)CC2)cc1.Cl. The largest absolute Gasteiger partial charge is 0.354 e. The minimum Gasteiger partial charge on any atom is -0.354 e. The molecular weight excluding hydrogens is 324 g/mol. The van der Waals surface area contributed by atoms with Crippen LogP contribution in [-0.4, -0.2) is 32.9 Å². The van der Waals surface area contributed by atoms with Gasteiger partial charge in [-0.15, -0.1) is 12.4 Å². The number of carbonyl (C=O) groups excluding carboxylic acids is 1.